The minimum absolute atomic E-state index is 0.0649. The van der Waals surface area contributed by atoms with Crippen LogP contribution in [0.25, 0.3) is 0 Å². The number of ether oxygens (including phenoxy) is 1. The van der Waals surface area contributed by atoms with Gasteiger partial charge in [-0.25, -0.2) is 8.42 Å². The van der Waals surface area contributed by atoms with Gasteiger partial charge in [0.05, 0.1) is 15.5 Å². The lowest BCUT2D eigenvalue weighted by atomic mass is 10.2. The van der Waals surface area contributed by atoms with Gasteiger partial charge in [0.1, 0.15) is 0 Å². The molecule has 0 aromatic heterocycles. The van der Waals surface area contributed by atoms with Gasteiger partial charge >= 0.3 is 0 Å². The van der Waals surface area contributed by atoms with Gasteiger partial charge in [0.25, 0.3) is 5.91 Å². The van der Waals surface area contributed by atoms with Gasteiger partial charge in [-0.15, -0.1) is 0 Å². The number of hydrogen-bond acceptors (Lipinski definition) is 4. The van der Waals surface area contributed by atoms with Gasteiger partial charge in [-0.2, -0.15) is 4.31 Å². The first-order valence-corrected chi connectivity index (χ1v) is 9.85. The maximum absolute atomic E-state index is 12.5. The average Bonchev–Trinajstić information content (AvgIpc) is 2.55. The highest BCUT2D eigenvalue weighted by Crippen LogP contribution is 2.23. The molecule has 6 nitrogen and oxygen atoms in total. The molecule has 8 heteroatoms. The molecule has 1 N–H and O–H groups in total. The quantitative estimate of drug-likeness (QED) is 0.636. The summed E-state index contributed by atoms with van der Waals surface area (Å²) in [6, 6.07) is 4.18. The third-order valence-electron chi connectivity index (χ3n) is 3.48. The smallest absolute Gasteiger partial charge is 0.252 e. The molecule has 0 saturated heterocycles. The van der Waals surface area contributed by atoms with Crippen molar-refractivity contribution in [3.8, 4) is 0 Å². The van der Waals surface area contributed by atoms with Gasteiger partial charge in [0.2, 0.25) is 10.0 Å². The second-order valence-corrected chi connectivity index (χ2v) is 7.38. The second kappa shape index (κ2) is 9.98. The van der Waals surface area contributed by atoms with E-state index in [1.807, 2.05) is 6.92 Å². The predicted molar refractivity (Wildman–Crippen MR) is 95.0 cm³/mol. The van der Waals surface area contributed by atoms with Crippen LogP contribution in [0.2, 0.25) is 5.02 Å². The molecular formula is C16H25ClN2O4S. The number of benzene rings is 1. The highest BCUT2D eigenvalue weighted by atomic mass is 35.5. The number of nitrogens with one attached hydrogen (secondary N) is 1. The predicted octanol–water partition coefficient (Wildman–Crippen LogP) is 2.53. The van der Waals surface area contributed by atoms with Gasteiger partial charge in [0.15, 0.2) is 0 Å². The lowest BCUT2D eigenvalue weighted by Gasteiger charge is -2.19. The molecule has 0 aliphatic heterocycles. The Kier molecular flexibility index (Phi) is 8.69. The highest BCUT2D eigenvalue weighted by Gasteiger charge is 2.23. The van der Waals surface area contributed by atoms with Gasteiger partial charge in [0, 0.05) is 32.8 Å². The second-order valence-electron chi connectivity index (χ2n) is 5.04. The Morgan fingerprint density at radius 1 is 1.25 bits per heavy atom. The molecule has 1 aromatic rings. The Balaban J connectivity index is 2.92. The van der Waals surface area contributed by atoms with Crippen molar-refractivity contribution in [1.29, 1.82) is 0 Å². The van der Waals surface area contributed by atoms with Crippen molar-refractivity contribution in [2.24, 2.45) is 0 Å². The van der Waals surface area contributed by atoms with Crippen LogP contribution in [-0.2, 0) is 14.8 Å². The van der Waals surface area contributed by atoms with E-state index in [4.69, 9.17) is 16.3 Å². The zero-order chi connectivity index (χ0) is 18.2. The van der Waals surface area contributed by atoms with Gasteiger partial charge in [-0.05, 0) is 31.5 Å². The Morgan fingerprint density at radius 2 is 1.92 bits per heavy atom. The standard InChI is InChI=1S/C16H25ClN2O4S/c1-4-19(5-2)24(21,22)13-8-9-15(17)14(12-13)16(20)18-10-7-11-23-6-3/h8-9,12H,4-7,10-11H2,1-3H3,(H,18,20). The van der Waals surface area contributed by atoms with E-state index in [2.05, 4.69) is 5.32 Å². The summed E-state index contributed by atoms with van der Waals surface area (Å²) in [6.45, 7) is 7.78. The molecule has 0 fully saturated rings. The van der Waals surface area contributed by atoms with E-state index < -0.39 is 15.9 Å². The topological polar surface area (TPSA) is 75.7 Å². The molecule has 0 unspecified atom stereocenters. The number of hydrogen-bond donors (Lipinski definition) is 1. The molecular weight excluding hydrogens is 352 g/mol. The molecule has 0 spiro atoms. The molecule has 0 radical (unpaired) electrons. The van der Waals surface area contributed by atoms with Crippen LogP contribution in [0.5, 0.6) is 0 Å². The third-order valence-corrected chi connectivity index (χ3v) is 5.86. The van der Waals surface area contributed by atoms with E-state index in [-0.39, 0.29) is 15.5 Å². The van der Waals surface area contributed by atoms with Crippen molar-refractivity contribution in [3.05, 3.63) is 28.8 Å². The molecule has 0 saturated carbocycles. The summed E-state index contributed by atoms with van der Waals surface area (Å²) in [4.78, 5) is 12.3. The summed E-state index contributed by atoms with van der Waals surface area (Å²) in [5.41, 5.74) is 0.154. The Hall–Kier alpha value is -1.15. The van der Waals surface area contributed by atoms with Crippen LogP contribution in [-0.4, -0.2) is 51.5 Å². The number of carbonyl (C=O) groups excluding carboxylic acids is 1. The van der Waals surface area contributed by atoms with Crippen molar-refractivity contribution in [3.63, 3.8) is 0 Å². The monoisotopic (exact) mass is 376 g/mol. The van der Waals surface area contributed by atoms with Crippen molar-refractivity contribution in [2.45, 2.75) is 32.1 Å². The maximum atomic E-state index is 12.5. The Morgan fingerprint density at radius 3 is 2.50 bits per heavy atom. The molecule has 0 aliphatic rings. The third kappa shape index (κ3) is 5.44. The van der Waals surface area contributed by atoms with E-state index in [0.29, 0.717) is 39.3 Å². The number of nitrogens with zero attached hydrogens (tertiary/aromatic N) is 1. The Labute approximate surface area is 149 Å². The van der Waals surface area contributed by atoms with E-state index in [9.17, 15) is 13.2 Å². The van der Waals surface area contributed by atoms with E-state index in [0.717, 1.165) is 0 Å². The van der Waals surface area contributed by atoms with Gasteiger partial charge < -0.3 is 10.1 Å². The molecule has 0 atom stereocenters. The SMILES string of the molecule is CCOCCCNC(=O)c1cc(S(=O)(=O)N(CC)CC)ccc1Cl. The van der Waals surface area contributed by atoms with E-state index >= 15 is 0 Å². The van der Waals surface area contributed by atoms with E-state index in [1.165, 1.54) is 22.5 Å². The Bertz CT molecular complexity index is 645. The molecule has 1 amide bonds. The summed E-state index contributed by atoms with van der Waals surface area (Å²) < 4.78 is 31.6. The lowest BCUT2D eigenvalue weighted by Crippen LogP contribution is -2.31. The number of halogens is 1. The summed E-state index contributed by atoms with van der Waals surface area (Å²) >= 11 is 6.06. The normalized spacial score (nSPS) is 11.7. The van der Waals surface area contributed by atoms with Crippen LogP contribution in [0.4, 0.5) is 0 Å². The molecule has 24 heavy (non-hydrogen) atoms. The largest absolute Gasteiger partial charge is 0.382 e. The molecule has 0 bridgehead atoms. The number of carbonyl (C=O) groups is 1. The minimum Gasteiger partial charge on any atom is -0.382 e. The van der Waals surface area contributed by atoms with Gasteiger partial charge in [-0.3, -0.25) is 4.79 Å². The fraction of sp³-hybridized carbons (Fsp3) is 0.562. The fourth-order valence-electron chi connectivity index (χ4n) is 2.17. The fourth-order valence-corrected chi connectivity index (χ4v) is 3.86. The zero-order valence-corrected chi connectivity index (χ0v) is 15.9. The summed E-state index contributed by atoms with van der Waals surface area (Å²) in [5.74, 6) is -0.395. The first-order chi connectivity index (χ1) is 11.4. The van der Waals surface area contributed by atoms with Crippen LogP contribution in [0, 0.1) is 0 Å². The maximum Gasteiger partial charge on any atom is 0.252 e. The first-order valence-electron chi connectivity index (χ1n) is 8.04. The van der Waals surface area contributed by atoms with Crippen LogP contribution < -0.4 is 5.32 Å². The molecule has 136 valence electrons. The first kappa shape index (κ1) is 20.9. The zero-order valence-electron chi connectivity index (χ0n) is 14.3. The van der Waals surface area contributed by atoms with Crippen LogP contribution in [0.15, 0.2) is 23.1 Å². The summed E-state index contributed by atoms with van der Waals surface area (Å²) in [5, 5.41) is 2.94. The molecule has 0 aliphatic carbocycles. The minimum atomic E-state index is -3.63. The van der Waals surface area contributed by atoms with Crippen LogP contribution in [0.1, 0.15) is 37.6 Å². The summed E-state index contributed by atoms with van der Waals surface area (Å²) in [7, 11) is -3.63. The molecule has 1 aromatic carbocycles. The number of rotatable bonds is 10. The van der Waals surface area contributed by atoms with Gasteiger partial charge in [-0.1, -0.05) is 25.4 Å². The number of sulfonamides is 1. The van der Waals surface area contributed by atoms with Crippen molar-refractivity contribution < 1.29 is 17.9 Å². The van der Waals surface area contributed by atoms with Crippen molar-refractivity contribution >= 4 is 27.5 Å². The molecule has 1 rings (SSSR count). The summed E-state index contributed by atoms with van der Waals surface area (Å²) in [6.07, 6.45) is 0.675. The lowest BCUT2D eigenvalue weighted by molar-refractivity contribution is 0.0944. The van der Waals surface area contributed by atoms with Crippen LogP contribution in [0.3, 0.4) is 0 Å². The van der Waals surface area contributed by atoms with E-state index in [1.54, 1.807) is 13.8 Å². The highest BCUT2D eigenvalue weighted by molar-refractivity contribution is 7.89. The van der Waals surface area contributed by atoms with Crippen molar-refractivity contribution in [1.82, 2.24) is 9.62 Å². The molecule has 0 heterocycles. The average molecular weight is 377 g/mol. The van der Waals surface area contributed by atoms with Crippen molar-refractivity contribution in [2.75, 3.05) is 32.8 Å². The van der Waals surface area contributed by atoms with Crippen LogP contribution >= 0.6 is 11.6 Å². The number of amides is 1.